The molecule has 0 bridgehead atoms. The third-order valence-corrected chi connectivity index (χ3v) is 5.90. The van der Waals surface area contributed by atoms with Crippen molar-refractivity contribution >= 4 is 0 Å². The van der Waals surface area contributed by atoms with Crippen molar-refractivity contribution in [2.24, 2.45) is 0 Å². The number of piperidine rings is 1. The van der Waals surface area contributed by atoms with Gasteiger partial charge in [-0.05, 0) is 66.1 Å². The van der Waals surface area contributed by atoms with Gasteiger partial charge in [0.25, 0.3) is 0 Å². The van der Waals surface area contributed by atoms with Crippen LogP contribution in [0.5, 0.6) is 0 Å². The fraction of sp³-hybridized carbons (Fsp3) is 0.944. The molecular weight excluding hydrogens is 272 g/mol. The third-order valence-electron chi connectivity index (χ3n) is 5.90. The van der Waals surface area contributed by atoms with Gasteiger partial charge in [0.15, 0.2) is 0 Å². The van der Waals surface area contributed by atoms with Crippen molar-refractivity contribution in [2.45, 2.75) is 64.6 Å². The van der Waals surface area contributed by atoms with Gasteiger partial charge in [-0.1, -0.05) is 0 Å². The molecule has 0 aromatic rings. The summed E-state index contributed by atoms with van der Waals surface area (Å²) in [6, 6.07) is 2.22. The lowest BCUT2D eigenvalue weighted by Crippen LogP contribution is -2.45. The van der Waals surface area contributed by atoms with Crippen molar-refractivity contribution < 1.29 is 0 Å². The molecule has 0 spiro atoms. The first-order valence-corrected chi connectivity index (χ1v) is 9.39. The fourth-order valence-electron chi connectivity index (χ4n) is 4.22. The van der Waals surface area contributed by atoms with E-state index in [1.807, 2.05) is 0 Å². The van der Waals surface area contributed by atoms with E-state index in [-0.39, 0.29) is 0 Å². The minimum Gasteiger partial charge on any atom is -0.301 e. The Labute approximate surface area is 137 Å². The third kappa shape index (κ3) is 4.02. The standard InChI is InChI=1S/C18H34N4/c1-16(2)20-9-6-18(7-10-20)22-14-12-19(15-22)11-13-21-8-4-5-17(21)3/h16-18H,4-14H2,1-3H3/t17-/m0/s1. The summed E-state index contributed by atoms with van der Waals surface area (Å²) < 4.78 is 0. The van der Waals surface area contributed by atoms with Crippen LogP contribution in [0.1, 0.15) is 46.5 Å². The normalized spacial score (nSPS) is 30.8. The van der Waals surface area contributed by atoms with Crippen LogP contribution < -0.4 is 0 Å². The van der Waals surface area contributed by atoms with Gasteiger partial charge in [0, 0.05) is 44.3 Å². The van der Waals surface area contributed by atoms with Crippen LogP contribution >= 0.6 is 0 Å². The minimum atomic E-state index is 0.700. The zero-order chi connectivity index (χ0) is 15.5. The van der Waals surface area contributed by atoms with Crippen LogP contribution in [0.3, 0.4) is 0 Å². The highest BCUT2D eigenvalue weighted by molar-refractivity contribution is 4.90. The quantitative estimate of drug-likeness (QED) is 0.770. The highest BCUT2D eigenvalue weighted by atomic mass is 15.4. The molecule has 4 nitrogen and oxygen atoms in total. The van der Waals surface area contributed by atoms with E-state index >= 15 is 0 Å². The Morgan fingerprint density at radius 1 is 0.955 bits per heavy atom. The maximum Gasteiger partial charge on any atom is 0.146 e. The zero-order valence-corrected chi connectivity index (χ0v) is 14.8. The molecule has 3 aliphatic heterocycles. The number of hydrogen-bond acceptors (Lipinski definition) is 4. The molecule has 3 heterocycles. The van der Waals surface area contributed by atoms with Crippen LogP contribution in [0.25, 0.3) is 0 Å². The summed E-state index contributed by atoms with van der Waals surface area (Å²) in [6.07, 6.45) is 5.38. The lowest BCUT2D eigenvalue weighted by molar-refractivity contribution is 0.113. The highest BCUT2D eigenvalue weighted by Crippen LogP contribution is 2.23. The van der Waals surface area contributed by atoms with Crippen LogP contribution in [0, 0.1) is 6.67 Å². The first-order valence-electron chi connectivity index (χ1n) is 9.39. The molecule has 0 amide bonds. The monoisotopic (exact) mass is 306 g/mol. The van der Waals surface area contributed by atoms with Crippen molar-refractivity contribution in [2.75, 3.05) is 45.8 Å². The highest BCUT2D eigenvalue weighted by Gasteiger charge is 2.31. The number of rotatable bonds is 5. The molecule has 0 N–H and O–H groups in total. The van der Waals surface area contributed by atoms with Gasteiger partial charge in [-0.2, -0.15) is 0 Å². The smallest absolute Gasteiger partial charge is 0.146 e. The summed E-state index contributed by atoms with van der Waals surface area (Å²) in [6.45, 7) is 19.2. The Kier molecular flexibility index (Phi) is 5.77. The molecule has 3 rings (SSSR count). The van der Waals surface area contributed by atoms with E-state index in [2.05, 4.69) is 47.0 Å². The van der Waals surface area contributed by atoms with E-state index in [4.69, 9.17) is 0 Å². The number of hydrogen-bond donors (Lipinski definition) is 0. The molecule has 4 heteroatoms. The molecule has 3 fully saturated rings. The molecule has 126 valence electrons. The van der Waals surface area contributed by atoms with Crippen molar-refractivity contribution in [1.29, 1.82) is 0 Å². The lowest BCUT2D eigenvalue weighted by Gasteiger charge is -2.38. The van der Waals surface area contributed by atoms with E-state index in [1.54, 1.807) is 0 Å². The van der Waals surface area contributed by atoms with Gasteiger partial charge in [-0.25, -0.2) is 0 Å². The molecule has 22 heavy (non-hydrogen) atoms. The van der Waals surface area contributed by atoms with E-state index < -0.39 is 0 Å². The minimum absolute atomic E-state index is 0.700. The van der Waals surface area contributed by atoms with Crippen LogP contribution in [-0.4, -0.2) is 83.5 Å². The van der Waals surface area contributed by atoms with Gasteiger partial charge < -0.3 is 4.90 Å². The molecule has 0 aromatic carbocycles. The van der Waals surface area contributed by atoms with Crippen LogP contribution in [0.4, 0.5) is 0 Å². The Balaban J connectivity index is 1.37. The van der Waals surface area contributed by atoms with Gasteiger partial charge in [-0.3, -0.25) is 14.7 Å². The Morgan fingerprint density at radius 2 is 1.73 bits per heavy atom. The maximum absolute atomic E-state index is 3.66. The van der Waals surface area contributed by atoms with E-state index in [1.165, 1.54) is 65.0 Å². The van der Waals surface area contributed by atoms with Crippen LogP contribution in [-0.2, 0) is 0 Å². The predicted octanol–water partition coefficient (Wildman–Crippen LogP) is 1.96. The summed E-state index contributed by atoms with van der Waals surface area (Å²) in [4.78, 5) is 10.2. The summed E-state index contributed by atoms with van der Waals surface area (Å²) in [5.74, 6) is 0. The van der Waals surface area contributed by atoms with E-state index in [0.717, 1.165) is 18.6 Å². The second-order valence-electron chi connectivity index (χ2n) is 7.67. The summed E-state index contributed by atoms with van der Waals surface area (Å²) in [5, 5.41) is 0. The second-order valence-corrected chi connectivity index (χ2v) is 7.67. The Hall–Kier alpha value is -0.160. The van der Waals surface area contributed by atoms with Crippen molar-refractivity contribution in [3.63, 3.8) is 0 Å². The predicted molar refractivity (Wildman–Crippen MR) is 91.5 cm³/mol. The molecule has 1 atom stereocenters. The molecule has 3 aliphatic rings. The van der Waals surface area contributed by atoms with Gasteiger partial charge in [-0.15, -0.1) is 0 Å². The maximum atomic E-state index is 3.66. The number of nitrogens with zero attached hydrogens (tertiary/aromatic N) is 4. The van der Waals surface area contributed by atoms with Crippen molar-refractivity contribution in [1.82, 2.24) is 19.6 Å². The average Bonchev–Trinajstić information content (AvgIpc) is 3.14. The average molecular weight is 306 g/mol. The molecule has 0 aromatic heterocycles. The molecule has 0 unspecified atom stereocenters. The van der Waals surface area contributed by atoms with Crippen LogP contribution in [0.15, 0.2) is 0 Å². The lowest BCUT2D eigenvalue weighted by atomic mass is 10.0. The first-order chi connectivity index (χ1) is 10.6. The first kappa shape index (κ1) is 16.7. The fourth-order valence-corrected chi connectivity index (χ4v) is 4.22. The van der Waals surface area contributed by atoms with Gasteiger partial charge in [0.1, 0.15) is 6.67 Å². The molecule has 0 aliphatic carbocycles. The largest absolute Gasteiger partial charge is 0.301 e. The number of likely N-dealkylation sites (tertiary alicyclic amines) is 2. The second kappa shape index (κ2) is 7.61. The van der Waals surface area contributed by atoms with Gasteiger partial charge >= 0.3 is 0 Å². The summed E-state index contributed by atoms with van der Waals surface area (Å²) in [5.41, 5.74) is 0. The molecular formula is C18H34N4. The van der Waals surface area contributed by atoms with E-state index in [9.17, 15) is 0 Å². The molecule has 2 radical (unpaired) electrons. The van der Waals surface area contributed by atoms with E-state index in [0.29, 0.717) is 6.04 Å². The summed E-state index contributed by atoms with van der Waals surface area (Å²) >= 11 is 0. The molecule has 0 saturated carbocycles. The Bertz CT molecular complexity index is 338. The SMILES string of the molecule is CC(C)N1CCC(N2[C]N(CCN3CCC[C@@H]3C)CC2)CC1. The van der Waals surface area contributed by atoms with Crippen molar-refractivity contribution in [3.05, 3.63) is 6.67 Å². The summed E-state index contributed by atoms with van der Waals surface area (Å²) in [7, 11) is 0. The Morgan fingerprint density at radius 3 is 2.36 bits per heavy atom. The van der Waals surface area contributed by atoms with Gasteiger partial charge in [0.05, 0.1) is 0 Å². The molecule has 3 saturated heterocycles. The topological polar surface area (TPSA) is 13.0 Å². The zero-order valence-electron chi connectivity index (χ0n) is 14.8. The van der Waals surface area contributed by atoms with Gasteiger partial charge in [0.2, 0.25) is 0 Å². The van der Waals surface area contributed by atoms with Crippen LogP contribution in [0.2, 0.25) is 0 Å². The van der Waals surface area contributed by atoms with Crippen molar-refractivity contribution in [3.8, 4) is 0 Å².